The number of carbonyl (C=O) groups is 1. The van der Waals surface area contributed by atoms with E-state index in [1.807, 2.05) is 20.8 Å². The number of nitrogen functional groups attached to an aromatic ring is 1. The molecule has 5 nitrogen and oxygen atoms in total. The number of hydrogen-bond donors (Lipinski definition) is 2. The molecule has 6 heteroatoms. The third kappa shape index (κ3) is 4.52. The van der Waals surface area contributed by atoms with Crippen molar-refractivity contribution in [2.45, 2.75) is 37.6 Å². The van der Waals surface area contributed by atoms with Crippen molar-refractivity contribution < 1.29 is 13.7 Å². The highest BCUT2D eigenvalue weighted by molar-refractivity contribution is 7.85. The second-order valence-electron chi connectivity index (χ2n) is 5.19. The molecule has 0 aliphatic rings. The minimum Gasteiger partial charge on any atom is -0.495 e. The van der Waals surface area contributed by atoms with Crippen molar-refractivity contribution in [3.63, 3.8) is 0 Å². The molecule has 3 N–H and O–H groups in total. The second kappa shape index (κ2) is 6.74. The van der Waals surface area contributed by atoms with Crippen LogP contribution in [0.5, 0.6) is 5.75 Å². The molecule has 20 heavy (non-hydrogen) atoms. The van der Waals surface area contributed by atoms with Crippen molar-refractivity contribution in [3.8, 4) is 5.75 Å². The Morgan fingerprint density at radius 2 is 2.10 bits per heavy atom. The number of nitrogens with two attached hydrogens (primary N) is 1. The first-order valence-electron chi connectivity index (χ1n) is 6.42. The van der Waals surface area contributed by atoms with Crippen LogP contribution in [0.4, 0.5) is 5.69 Å². The number of amides is 1. The lowest BCUT2D eigenvalue weighted by Crippen LogP contribution is -2.44. The zero-order valence-corrected chi connectivity index (χ0v) is 13.2. The third-order valence-electron chi connectivity index (χ3n) is 3.06. The average Bonchev–Trinajstić information content (AvgIpc) is 2.37. The maximum atomic E-state index is 12.2. The Labute approximate surface area is 122 Å². The normalized spacial score (nSPS) is 12.8. The molecular weight excluding hydrogens is 276 g/mol. The highest BCUT2D eigenvalue weighted by atomic mass is 32.2. The number of ether oxygens (including phenoxy) is 1. The van der Waals surface area contributed by atoms with Crippen LogP contribution in [0.15, 0.2) is 23.1 Å². The summed E-state index contributed by atoms with van der Waals surface area (Å²) in [6.45, 7) is 5.84. The van der Waals surface area contributed by atoms with Crippen molar-refractivity contribution >= 4 is 22.4 Å². The standard InChI is InChI=1S/C14H22N2O3S/c1-5-14(2,3)16-13(17)9-20(18)12-7-6-10(15)8-11(12)19-4/h6-8H,5,9,15H2,1-4H3,(H,16,17). The summed E-state index contributed by atoms with van der Waals surface area (Å²) in [5.74, 6) is 0.101. The Balaban J connectivity index is 2.79. The molecule has 0 fully saturated rings. The Hall–Kier alpha value is -1.56. The van der Waals surface area contributed by atoms with Gasteiger partial charge in [0.15, 0.2) is 0 Å². The van der Waals surface area contributed by atoms with Gasteiger partial charge < -0.3 is 15.8 Å². The fourth-order valence-corrected chi connectivity index (χ4v) is 2.62. The van der Waals surface area contributed by atoms with Gasteiger partial charge in [-0.25, -0.2) is 0 Å². The van der Waals surface area contributed by atoms with E-state index in [0.717, 1.165) is 6.42 Å². The molecule has 0 aliphatic carbocycles. The lowest BCUT2D eigenvalue weighted by Gasteiger charge is -2.24. The van der Waals surface area contributed by atoms with E-state index in [1.165, 1.54) is 7.11 Å². The summed E-state index contributed by atoms with van der Waals surface area (Å²) >= 11 is 0. The molecule has 0 aromatic heterocycles. The zero-order chi connectivity index (χ0) is 15.3. The van der Waals surface area contributed by atoms with Crippen LogP contribution in [0.25, 0.3) is 0 Å². The Kier molecular flexibility index (Phi) is 5.56. The van der Waals surface area contributed by atoms with Gasteiger partial charge in [0, 0.05) is 17.3 Å². The molecule has 1 unspecified atom stereocenters. The molecule has 112 valence electrons. The topological polar surface area (TPSA) is 81.4 Å². The highest BCUT2D eigenvalue weighted by Crippen LogP contribution is 2.24. The van der Waals surface area contributed by atoms with Crippen molar-refractivity contribution in [2.24, 2.45) is 0 Å². The van der Waals surface area contributed by atoms with E-state index in [2.05, 4.69) is 5.32 Å². The van der Waals surface area contributed by atoms with E-state index in [-0.39, 0.29) is 17.2 Å². The summed E-state index contributed by atoms with van der Waals surface area (Å²) in [4.78, 5) is 12.4. The Bertz CT molecular complexity index is 515. The lowest BCUT2D eigenvalue weighted by atomic mass is 10.0. The van der Waals surface area contributed by atoms with Gasteiger partial charge in [-0.2, -0.15) is 0 Å². The molecule has 0 saturated heterocycles. The van der Waals surface area contributed by atoms with E-state index >= 15 is 0 Å². The molecule has 1 aromatic rings. The molecule has 0 spiro atoms. The van der Waals surface area contributed by atoms with Crippen LogP contribution in [0.2, 0.25) is 0 Å². The van der Waals surface area contributed by atoms with Crippen molar-refractivity contribution in [2.75, 3.05) is 18.6 Å². The van der Waals surface area contributed by atoms with Crippen LogP contribution in [0.1, 0.15) is 27.2 Å². The molecule has 1 amide bonds. The number of anilines is 1. The summed E-state index contributed by atoms with van der Waals surface area (Å²) in [5, 5.41) is 2.86. The molecule has 0 aliphatic heterocycles. The average molecular weight is 298 g/mol. The van der Waals surface area contributed by atoms with Gasteiger partial charge in [-0.15, -0.1) is 0 Å². The quantitative estimate of drug-likeness (QED) is 0.783. The Morgan fingerprint density at radius 1 is 1.45 bits per heavy atom. The molecule has 0 saturated carbocycles. The fourth-order valence-electron chi connectivity index (χ4n) is 1.57. The molecule has 0 bridgehead atoms. The number of rotatable bonds is 6. The zero-order valence-electron chi connectivity index (χ0n) is 12.4. The fraction of sp³-hybridized carbons (Fsp3) is 0.500. The minimum absolute atomic E-state index is 0.0935. The van der Waals surface area contributed by atoms with Crippen LogP contribution >= 0.6 is 0 Å². The SMILES string of the molecule is CCC(C)(C)NC(=O)CS(=O)c1ccc(N)cc1OC. The highest BCUT2D eigenvalue weighted by Gasteiger charge is 2.21. The predicted molar refractivity (Wildman–Crippen MR) is 81.2 cm³/mol. The van der Waals surface area contributed by atoms with Gasteiger partial charge in [0.2, 0.25) is 5.91 Å². The molecule has 1 atom stereocenters. The van der Waals surface area contributed by atoms with Crippen LogP contribution in [0.3, 0.4) is 0 Å². The summed E-state index contributed by atoms with van der Waals surface area (Å²) in [5.41, 5.74) is 5.88. The van der Waals surface area contributed by atoms with Gasteiger partial charge in [0.25, 0.3) is 0 Å². The van der Waals surface area contributed by atoms with Crippen molar-refractivity contribution in [3.05, 3.63) is 18.2 Å². The first-order chi connectivity index (χ1) is 9.29. The van der Waals surface area contributed by atoms with Crippen LogP contribution in [-0.4, -0.2) is 28.5 Å². The van der Waals surface area contributed by atoms with Gasteiger partial charge >= 0.3 is 0 Å². The van der Waals surface area contributed by atoms with Gasteiger partial charge in [-0.1, -0.05) is 6.92 Å². The number of carbonyl (C=O) groups excluding carboxylic acids is 1. The van der Waals surface area contributed by atoms with E-state index in [1.54, 1.807) is 18.2 Å². The first kappa shape index (κ1) is 16.5. The van der Waals surface area contributed by atoms with Crippen molar-refractivity contribution in [1.29, 1.82) is 0 Å². The van der Waals surface area contributed by atoms with Crippen LogP contribution in [0, 0.1) is 0 Å². The predicted octanol–water partition coefficient (Wildman–Crippen LogP) is 1.69. The number of benzene rings is 1. The summed E-state index contributed by atoms with van der Waals surface area (Å²) < 4.78 is 17.4. The molecule has 1 rings (SSSR count). The van der Waals surface area contributed by atoms with E-state index in [9.17, 15) is 9.00 Å². The van der Waals surface area contributed by atoms with Gasteiger partial charge in [0.05, 0.1) is 22.8 Å². The smallest absolute Gasteiger partial charge is 0.233 e. The largest absolute Gasteiger partial charge is 0.495 e. The molecular formula is C14H22N2O3S. The van der Waals surface area contributed by atoms with Gasteiger partial charge in [-0.3, -0.25) is 9.00 Å². The third-order valence-corrected chi connectivity index (χ3v) is 4.41. The van der Waals surface area contributed by atoms with Gasteiger partial charge in [0.1, 0.15) is 11.5 Å². The molecule has 1 aromatic carbocycles. The molecule has 0 radical (unpaired) electrons. The first-order valence-corrected chi connectivity index (χ1v) is 7.74. The number of hydrogen-bond acceptors (Lipinski definition) is 4. The number of nitrogens with one attached hydrogen (secondary N) is 1. The summed E-state index contributed by atoms with van der Waals surface area (Å²) in [7, 11) is 0.0194. The maximum absolute atomic E-state index is 12.2. The lowest BCUT2D eigenvalue weighted by molar-refractivity contribution is -0.120. The monoisotopic (exact) mass is 298 g/mol. The maximum Gasteiger partial charge on any atom is 0.233 e. The van der Waals surface area contributed by atoms with Crippen LogP contribution in [-0.2, 0) is 15.6 Å². The molecule has 0 heterocycles. The van der Waals surface area contributed by atoms with E-state index in [4.69, 9.17) is 10.5 Å². The van der Waals surface area contributed by atoms with Crippen LogP contribution < -0.4 is 15.8 Å². The summed E-state index contributed by atoms with van der Waals surface area (Å²) in [6, 6.07) is 4.87. The van der Waals surface area contributed by atoms with Crippen molar-refractivity contribution in [1.82, 2.24) is 5.32 Å². The second-order valence-corrected chi connectivity index (χ2v) is 6.61. The van der Waals surface area contributed by atoms with E-state index in [0.29, 0.717) is 16.3 Å². The minimum atomic E-state index is -1.46. The van der Waals surface area contributed by atoms with Gasteiger partial charge in [-0.05, 0) is 32.4 Å². The number of methoxy groups -OCH3 is 1. The van der Waals surface area contributed by atoms with E-state index < -0.39 is 10.8 Å². The summed E-state index contributed by atoms with van der Waals surface area (Å²) in [6.07, 6.45) is 0.802. The Morgan fingerprint density at radius 3 is 2.65 bits per heavy atom.